The van der Waals surface area contributed by atoms with Crippen LogP contribution in [0.4, 0.5) is 23.4 Å². The molecule has 0 radical (unpaired) electrons. The molecule has 4 nitrogen and oxygen atoms in total. The lowest BCUT2D eigenvalue weighted by Gasteiger charge is -2.28. The molecule has 0 amide bonds. The van der Waals surface area contributed by atoms with Gasteiger partial charge in [-0.2, -0.15) is 14.5 Å². The molecular weight excluding hydrogens is 478 g/mol. The highest BCUT2D eigenvalue weighted by atomic mass is 32.2. The molecule has 0 aliphatic rings. The van der Waals surface area contributed by atoms with Crippen molar-refractivity contribution in [1.82, 2.24) is 4.98 Å². The van der Waals surface area contributed by atoms with Crippen molar-refractivity contribution in [1.29, 1.82) is 0 Å². The molecule has 0 spiro atoms. The minimum atomic E-state index is -1.51. The average molecular weight is 506 g/mol. The summed E-state index contributed by atoms with van der Waals surface area (Å²) in [5, 5.41) is 14.6. The van der Waals surface area contributed by atoms with Crippen molar-refractivity contribution in [2.45, 2.75) is 62.2 Å². The van der Waals surface area contributed by atoms with E-state index in [0.29, 0.717) is 27.8 Å². The van der Waals surface area contributed by atoms with Gasteiger partial charge in [0.25, 0.3) is 5.95 Å². The molecule has 3 aromatic rings. The van der Waals surface area contributed by atoms with E-state index in [9.17, 15) is 18.3 Å². The number of halogens is 4. The maximum absolute atomic E-state index is 15.2. The Kier molecular flexibility index (Phi) is 7.50. The summed E-state index contributed by atoms with van der Waals surface area (Å²) in [6.07, 6.45) is 1.08. The minimum Gasteiger partial charge on any atom is -0.507 e. The molecule has 3 rings (SSSR count). The molecule has 0 saturated heterocycles. The zero-order valence-corrected chi connectivity index (χ0v) is 21.1. The number of rotatable bonds is 5. The zero-order valence-electron chi connectivity index (χ0n) is 20.3. The Morgan fingerprint density at radius 3 is 2.03 bits per heavy atom. The van der Waals surface area contributed by atoms with Gasteiger partial charge in [0, 0.05) is 21.6 Å². The number of aromatic nitrogens is 1. The Labute approximate surface area is 206 Å². The van der Waals surface area contributed by atoms with Crippen molar-refractivity contribution < 1.29 is 22.7 Å². The summed E-state index contributed by atoms with van der Waals surface area (Å²) in [5.74, 6) is -5.19. The van der Waals surface area contributed by atoms with Crippen LogP contribution in [-0.4, -0.2) is 16.3 Å². The Balaban J connectivity index is 2.03. The first-order valence-electron chi connectivity index (χ1n) is 10.8. The molecule has 9 heteroatoms. The molecule has 186 valence electrons. The van der Waals surface area contributed by atoms with Gasteiger partial charge in [-0.05, 0) is 29.0 Å². The van der Waals surface area contributed by atoms with Crippen LogP contribution < -0.4 is 5.43 Å². The Bertz CT molecular complexity index is 1250. The molecule has 1 heterocycles. The summed E-state index contributed by atoms with van der Waals surface area (Å²) in [7, 11) is 0. The molecule has 2 aromatic carbocycles. The Morgan fingerprint density at radius 2 is 1.49 bits per heavy atom. The fraction of sp³-hybridized carbons (Fsp3) is 0.308. The van der Waals surface area contributed by atoms with Crippen LogP contribution in [0, 0.1) is 23.4 Å². The molecule has 0 saturated carbocycles. The monoisotopic (exact) mass is 505 g/mol. The van der Waals surface area contributed by atoms with Gasteiger partial charge in [0.05, 0.1) is 11.1 Å². The maximum Gasteiger partial charge on any atom is 0.252 e. The van der Waals surface area contributed by atoms with E-state index in [1.165, 1.54) is 18.2 Å². The molecule has 0 atom stereocenters. The quantitative estimate of drug-likeness (QED) is 0.163. The largest absolute Gasteiger partial charge is 0.507 e. The third-order valence-corrected chi connectivity index (χ3v) is 6.23. The molecule has 0 aliphatic heterocycles. The van der Waals surface area contributed by atoms with Gasteiger partial charge in [0.2, 0.25) is 0 Å². The molecule has 1 aromatic heterocycles. The maximum atomic E-state index is 15.2. The normalized spacial score (nSPS) is 12.4. The molecule has 0 unspecified atom stereocenters. The number of benzene rings is 2. The molecule has 0 fully saturated rings. The van der Waals surface area contributed by atoms with Crippen molar-refractivity contribution in [2.24, 2.45) is 5.10 Å². The lowest BCUT2D eigenvalue weighted by molar-refractivity contribution is 0.422. The molecule has 0 bridgehead atoms. The summed E-state index contributed by atoms with van der Waals surface area (Å²) < 4.78 is 57.9. The van der Waals surface area contributed by atoms with E-state index in [2.05, 4.69) is 15.5 Å². The van der Waals surface area contributed by atoms with Crippen LogP contribution in [0.2, 0.25) is 0 Å². The van der Waals surface area contributed by atoms with Crippen LogP contribution in [0.5, 0.6) is 5.75 Å². The van der Waals surface area contributed by atoms with E-state index in [4.69, 9.17) is 0 Å². The first-order chi connectivity index (χ1) is 16.2. The standard InChI is InChI=1S/C26H27F4N3OS/c1-25(2,3)16-11-15(12-17(21(16)34)26(4,5)6)35-22-19(28)23(30)32-24(20(22)29)33-31-13-14-9-7-8-10-18(14)27/h7-13,34H,1-6H3,(H,32,33). The number of nitrogens with one attached hydrogen (secondary N) is 1. The third kappa shape index (κ3) is 5.96. The van der Waals surface area contributed by atoms with Gasteiger partial charge in [-0.1, -0.05) is 71.5 Å². The van der Waals surface area contributed by atoms with Crippen LogP contribution in [0.1, 0.15) is 58.2 Å². The van der Waals surface area contributed by atoms with Crippen LogP contribution in [-0.2, 0) is 10.8 Å². The van der Waals surface area contributed by atoms with Gasteiger partial charge in [-0.15, -0.1) is 0 Å². The first-order valence-corrected chi connectivity index (χ1v) is 11.7. The van der Waals surface area contributed by atoms with Crippen LogP contribution in [0.3, 0.4) is 0 Å². The number of pyridine rings is 1. The second-order valence-corrected chi connectivity index (χ2v) is 11.2. The number of phenols is 1. The van der Waals surface area contributed by atoms with E-state index in [-0.39, 0.29) is 11.3 Å². The predicted molar refractivity (Wildman–Crippen MR) is 131 cm³/mol. The second kappa shape index (κ2) is 9.89. The number of aromatic hydroxyl groups is 1. The van der Waals surface area contributed by atoms with Crippen LogP contribution in [0.15, 0.2) is 51.3 Å². The van der Waals surface area contributed by atoms with Gasteiger partial charge >= 0.3 is 0 Å². The highest BCUT2D eigenvalue weighted by Crippen LogP contribution is 2.44. The number of hydrogen-bond donors (Lipinski definition) is 2. The molecule has 2 N–H and O–H groups in total. The smallest absolute Gasteiger partial charge is 0.252 e. The first kappa shape index (κ1) is 26.5. The summed E-state index contributed by atoms with van der Waals surface area (Å²) in [4.78, 5) is 3.07. The average Bonchev–Trinajstić information content (AvgIpc) is 2.75. The molecule has 35 heavy (non-hydrogen) atoms. The molecular formula is C26H27F4N3OS. The lowest BCUT2D eigenvalue weighted by atomic mass is 9.79. The number of nitrogens with zero attached hydrogens (tertiary/aromatic N) is 2. The SMILES string of the molecule is CC(C)(C)c1cc(Sc2c(F)c(F)nc(NN=Cc3ccccc3F)c2F)cc(C(C)(C)C)c1O. The minimum absolute atomic E-state index is 0.112. The van der Waals surface area contributed by atoms with Gasteiger partial charge in [0.15, 0.2) is 17.5 Å². The summed E-state index contributed by atoms with van der Waals surface area (Å²) in [6, 6.07) is 9.03. The Morgan fingerprint density at radius 1 is 0.914 bits per heavy atom. The highest BCUT2D eigenvalue weighted by molar-refractivity contribution is 7.99. The predicted octanol–water partition coefficient (Wildman–Crippen LogP) is 7.54. The van der Waals surface area contributed by atoms with Gasteiger partial charge in [0.1, 0.15) is 11.6 Å². The zero-order chi connectivity index (χ0) is 26.1. The van der Waals surface area contributed by atoms with Crippen LogP contribution >= 0.6 is 11.8 Å². The van der Waals surface area contributed by atoms with E-state index >= 15 is 4.39 Å². The third-order valence-electron chi connectivity index (χ3n) is 5.20. The highest BCUT2D eigenvalue weighted by Gasteiger charge is 2.28. The number of hydrazone groups is 1. The van der Waals surface area contributed by atoms with E-state index in [1.54, 1.807) is 18.2 Å². The van der Waals surface area contributed by atoms with Crippen molar-refractivity contribution in [3.05, 3.63) is 76.5 Å². The summed E-state index contributed by atoms with van der Waals surface area (Å²) in [6.45, 7) is 11.5. The van der Waals surface area contributed by atoms with Crippen molar-refractivity contribution in [3.63, 3.8) is 0 Å². The fourth-order valence-electron chi connectivity index (χ4n) is 3.33. The molecule has 0 aliphatic carbocycles. The summed E-state index contributed by atoms with van der Waals surface area (Å²) in [5.41, 5.74) is 2.60. The second-order valence-electron chi connectivity index (χ2n) is 10.1. The number of anilines is 1. The van der Waals surface area contributed by atoms with Gasteiger partial charge < -0.3 is 5.11 Å². The van der Waals surface area contributed by atoms with Crippen molar-refractivity contribution >= 4 is 23.8 Å². The summed E-state index contributed by atoms with van der Waals surface area (Å²) >= 11 is 0.678. The van der Waals surface area contributed by atoms with Crippen molar-refractivity contribution in [2.75, 3.05) is 5.43 Å². The van der Waals surface area contributed by atoms with Crippen LogP contribution in [0.25, 0.3) is 0 Å². The lowest BCUT2D eigenvalue weighted by Crippen LogP contribution is -2.17. The van der Waals surface area contributed by atoms with Gasteiger partial charge in [-0.25, -0.2) is 13.2 Å². The Hall–Kier alpha value is -3.07. The van der Waals surface area contributed by atoms with E-state index < -0.39 is 44.9 Å². The fourth-order valence-corrected chi connectivity index (χ4v) is 4.28. The van der Waals surface area contributed by atoms with Gasteiger partial charge in [-0.3, -0.25) is 5.43 Å². The number of hydrogen-bond acceptors (Lipinski definition) is 5. The topological polar surface area (TPSA) is 57.5 Å². The number of phenolic OH excluding ortho intramolecular Hbond substituents is 1. The van der Waals surface area contributed by atoms with E-state index in [0.717, 1.165) is 6.21 Å². The van der Waals surface area contributed by atoms with Crippen molar-refractivity contribution in [3.8, 4) is 5.75 Å². The van der Waals surface area contributed by atoms with E-state index in [1.807, 2.05) is 41.5 Å².